The summed E-state index contributed by atoms with van der Waals surface area (Å²) in [5.74, 6) is 5.10. The summed E-state index contributed by atoms with van der Waals surface area (Å²) in [5.41, 5.74) is 9.87. The van der Waals surface area contributed by atoms with Gasteiger partial charge in [-0.15, -0.1) is 0 Å². The molecule has 0 fully saturated rings. The van der Waals surface area contributed by atoms with E-state index in [0.29, 0.717) is 41.4 Å². The summed E-state index contributed by atoms with van der Waals surface area (Å²) in [6, 6.07) is 25.3. The summed E-state index contributed by atoms with van der Waals surface area (Å²) in [6.45, 7) is 34.5. The number of pyridine rings is 1. The van der Waals surface area contributed by atoms with Crippen molar-refractivity contribution in [2.75, 3.05) is 7.11 Å². The maximum atomic E-state index is 13.5. The van der Waals surface area contributed by atoms with Crippen molar-refractivity contribution in [1.82, 2.24) is 4.98 Å². The summed E-state index contributed by atoms with van der Waals surface area (Å²) in [4.78, 5) is 4.40. The first kappa shape index (κ1) is 58.3. The van der Waals surface area contributed by atoms with Gasteiger partial charge in [-0.25, -0.2) is 4.39 Å². The summed E-state index contributed by atoms with van der Waals surface area (Å²) in [7, 11) is 1.74. The highest BCUT2D eigenvalue weighted by atomic mass is 19.1. The van der Waals surface area contributed by atoms with Gasteiger partial charge in [-0.1, -0.05) is 195 Å². The van der Waals surface area contributed by atoms with Gasteiger partial charge < -0.3 is 4.74 Å². The van der Waals surface area contributed by atoms with E-state index in [4.69, 9.17) is 4.74 Å². The Morgan fingerprint density at radius 1 is 0.400 bits per heavy atom. The minimum atomic E-state index is -0.0683. The van der Waals surface area contributed by atoms with Crippen LogP contribution in [0.5, 0.6) is 5.75 Å². The first-order valence-electron chi connectivity index (χ1n) is 19.3. The Kier molecular flexibility index (Phi) is 30.6. The van der Waals surface area contributed by atoms with Crippen molar-refractivity contribution in [2.45, 2.75) is 188 Å². The molecule has 0 radical (unpaired) electrons. The molecular formula is C52H88FNO. The van der Waals surface area contributed by atoms with E-state index in [1.54, 1.807) is 13.2 Å². The highest BCUT2D eigenvalue weighted by Crippen LogP contribution is 2.30. The van der Waals surface area contributed by atoms with Crippen LogP contribution in [0.4, 0.5) is 4.39 Å². The fourth-order valence-corrected chi connectivity index (χ4v) is 5.30. The van der Waals surface area contributed by atoms with Crippen LogP contribution in [0.2, 0.25) is 0 Å². The highest BCUT2D eigenvalue weighted by Gasteiger charge is 2.10. The lowest BCUT2D eigenvalue weighted by atomic mass is 9.96. The Bertz CT molecular complexity index is 1420. The van der Waals surface area contributed by atoms with Gasteiger partial charge in [0.05, 0.1) is 7.11 Å². The van der Waals surface area contributed by atoms with Crippen molar-refractivity contribution in [2.24, 2.45) is 0 Å². The molecule has 1 heterocycles. The van der Waals surface area contributed by atoms with Crippen LogP contribution in [-0.2, 0) is 0 Å². The third-order valence-corrected chi connectivity index (χ3v) is 9.20. The van der Waals surface area contributed by atoms with Crippen LogP contribution in [0.3, 0.4) is 0 Å². The molecule has 2 nitrogen and oxygen atoms in total. The molecule has 55 heavy (non-hydrogen) atoms. The van der Waals surface area contributed by atoms with E-state index in [9.17, 15) is 4.39 Å². The zero-order valence-electron chi connectivity index (χ0n) is 35.4. The topological polar surface area (TPSA) is 22.1 Å². The molecule has 0 aliphatic carbocycles. The van der Waals surface area contributed by atoms with Crippen LogP contribution in [0, 0.1) is 5.82 Å². The molecule has 3 heteroatoms. The van der Waals surface area contributed by atoms with Crippen molar-refractivity contribution in [3.05, 3.63) is 129 Å². The van der Waals surface area contributed by atoms with Gasteiger partial charge in [0.2, 0.25) is 0 Å². The predicted octanol–water partition coefficient (Wildman–Crippen LogP) is 17.8. The average Bonchev–Trinajstić information content (AvgIpc) is 3.08. The van der Waals surface area contributed by atoms with E-state index >= 15 is 0 Å². The van der Waals surface area contributed by atoms with Crippen molar-refractivity contribution >= 4 is 0 Å². The standard InChI is InChI=1S/C13H20O.C12H17F.C12H18.C11H17N.4CH4/c1-9(2)11-6-7-12(10(3)4)13(8-11)14-5;1-8(2)10-5-6-11(9(3)4)12(13)7-10;1-9(2)11-5-7-12(8-6-11)10(3)4;1-8(2)10-5-6-11(9(3)4)12-7-10;;;;/h6-10H,1-5H3;5-9H,1-4H3;5-10H,1-4H3;5-9H,1-4H3;4*1H4. The smallest absolute Gasteiger partial charge is 0.126 e. The van der Waals surface area contributed by atoms with E-state index in [1.807, 2.05) is 32.2 Å². The van der Waals surface area contributed by atoms with Gasteiger partial charge in [0.25, 0.3) is 0 Å². The number of ether oxygens (including phenoxy) is 1. The lowest BCUT2D eigenvalue weighted by Crippen LogP contribution is -1.96. The summed E-state index contributed by atoms with van der Waals surface area (Å²) >= 11 is 0. The fraction of sp³-hybridized carbons (Fsp3) is 0.558. The Labute approximate surface area is 343 Å². The van der Waals surface area contributed by atoms with Crippen LogP contribution >= 0.6 is 0 Å². The van der Waals surface area contributed by atoms with Crippen LogP contribution < -0.4 is 4.74 Å². The minimum Gasteiger partial charge on any atom is -0.496 e. The van der Waals surface area contributed by atoms with E-state index in [-0.39, 0.29) is 41.4 Å². The van der Waals surface area contributed by atoms with Gasteiger partial charge in [-0.05, 0) is 104 Å². The second kappa shape index (κ2) is 28.9. The normalized spacial score (nSPS) is 10.4. The molecule has 0 aliphatic heterocycles. The number of nitrogens with zero attached hydrogens (tertiary/aromatic N) is 1. The summed E-state index contributed by atoms with van der Waals surface area (Å²) in [5, 5.41) is 0. The van der Waals surface area contributed by atoms with Gasteiger partial charge in [0, 0.05) is 11.9 Å². The third kappa shape index (κ3) is 20.3. The Morgan fingerprint density at radius 3 is 1.04 bits per heavy atom. The number of halogens is 1. The molecule has 3 aromatic carbocycles. The van der Waals surface area contributed by atoms with E-state index in [1.165, 1.54) is 33.5 Å². The molecule has 0 amide bonds. The molecule has 0 saturated carbocycles. The van der Waals surface area contributed by atoms with E-state index < -0.39 is 0 Å². The molecular weight excluding hydrogens is 674 g/mol. The monoisotopic (exact) mass is 762 g/mol. The zero-order chi connectivity index (χ0) is 39.0. The molecule has 0 aliphatic rings. The Morgan fingerprint density at radius 2 is 0.745 bits per heavy atom. The molecule has 0 N–H and O–H groups in total. The van der Waals surface area contributed by atoms with Crippen LogP contribution in [-0.4, -0.2) is 12.1 Å². The fourth-order valence-electron chi connectivity index (χ4n) is 5.30. The van der Waals surface area contributed by atoms with Gasteiger partial charge in [-0.3, -0.25) is 4.98 Å². The summed E-state index contributed by atoms with van der Waals surface area (Å²) in [6.07, 6.45) is 1.99. The predicted molar refractivity (Wildman–Crippen MR) is 250 cm³/mol. The summed E-state index contributed by atoms with van der Waals surface area (Å²) < 4.78 is 18.9. The SMILES string of the molecule is C.C.C.C.CC(C)c1ccc(C(C)C)c(F)c1.CC(C)c1ccc(C(C)C)cc1.CC(C)c1ccc(C(C)C)nc1.COc1cc(C(C)C)ccc1C(C)C. The van der Waals surface area contributed by atoms with Crippen molar-refractivity contribution in [3.63, 3.8) is 0 Å². The Balaban J connectivity index is -0.000000308. The molecule has 1 aromatic heterocycles. The molecule has 0 spiro atoms. The van der Waals surface area contributed by atoms with Crippen LogP contribution in [0.15, 0.2) is 79.0 Å². The van der Waals surface area contributed by atoms with Crippen molar-refractivity contribution in [3.8, 4) is 5.75 Å². The lowest BCUT2D eigenvalue weighted by molar-refractivity contribution is 0.406. The molecule has 4 rings (SSSR count). The maximum absolute atomic E-state index is 13.5. The quantitative estimate of drug-likeness (QED) is 0.169. The second-order valence-electron chi connectivity index (χ2n) is 16.2. The average molecular weight is 762 g/mol. The van der Waals surface area contributed by atoms with Crippen molar-refractivity contribution < 1.29 is 9.13 Å². The number of benzene rings is 3. The molecule has 4 aromatic rings. The first-order chi connectivity index (χ1) is 23.8. The first-order valence-corrected chi connectivity index (χ1v) is 19.3. The highest BCUT2D eigenvalue weighted by molar-refractivity contribution is 5.40. The van der Waals surface area contributed by atoms with Gasteiger partial charge in [0.15, 0.2) is 0 Å². The zero-order valence-corrected chi connectivity index (χ0v) is 35.4. The number of hydrogen-bond acceptors (Lipinski definition) is 2. The second-order valence-corrected chi connectivity index (χ2v) is 16.2. The van der Waals surface area contributed by atoms with E-state index in [2.05, 4.69) is 157 Å². The van der Waals surface area contributed by atoms with Crippen molar-refractivity contribution in [1.29, 1.82) is 0 Å². The number of methoxy groups -OCH3 is 1. The van der Waals surface area contributed by atoms with Gasteiger partial charge in [0.1, 0.15) is 11.6 Å². The molecule has 0 saturated heterocycles. The number of hydrogen-bond donors (Lipinski definition) is 0. The number of aromatic nitrogens is 1. The molecule has 0 unspecified atom stereocenters. The lowest BCUT2D eigenvalue weighted by Gasteiger charge is -2.14. The van der Waals surface area contributed by atoms with E-state index in [0.717, 1.165) is 16.9 Å². The largest absolute Gasteiger partial charge is 0.496 e. The molecule has 314 valence electrons. The van der Waals surface area contributed by atoms with Crippen LogP contribution in [0.1, 0.15) is 232 Å². The van der Waals surface area contributed by atoms with Crippen LogP contribution in [0.25, 0.3) is 0 Å². The third-order valence-electron chi connectivity index (χ3n) is 9.20. The number of rotatable bonds is 9. The Hall–Kier alpha value is -3.46. The van der Waals surface area contributed by atoms with Gasteiger partial charge in [-0.2, -0.15) is 0 Å². The maximum Gasteiger partial charge on any atom is 0.126 e. The molecule has 0 bridgehead atoms. The van der Waals surface area contributed by atoms with Gasteiger partial charge >= 0.3 is 0 Å². The minimum absolute atomic E-state index is 0. The molecule has 0 atom stereocenters.